The van der Waals surface area contributed by atoms with E-state index in [2.05, 4.69) is 5.32 Å². The van der Waals surface area contributed by atoms with Crippen molar-refractivity contribution in [3.8, 4) is 5.75 Å². The minimum Gasteiger partial charge on any atom is -0.508 e. The molecule has 1 aliphatic carbocycles. The number of amides is 1. The normalized spacial score (nSPS) is 14.5. The van der Waals surface area contributed by atoms with Crippen molar-refractivity contribution in [3.05, 3.63) is 24.3 Å². The predicted molar refractivity (Wildman–Crippen MR) is 71.7 cm³/mol. The second kappa shape index (κ2) is 5.87. The largest absolute Gasteiger partial charge is 0.508 e. The molecule has 1 fully saturated rings. The summed E-state index contributed by atoms with van der Waals surface area (Å²) < 4.78 is 0. The Labute approximate surface area is 108 Å². The molecule has 18 heavy (non-hydrogen) atoms. The van der Waals surface area contributed by atoms with Gasteiger partial charge in [-0.2, -0.15) is 0 Å². The summed E-state index contributed by atoms with van der Waals surface area (Å²) in [6, 6.07) is 6.80. The van der Waals surface area contributed by atoms with Crippen molar-refractivity contribution >= 4 is 11.6 Å². The molecule has 2 N–H and O–H groups in total. The summed E-state index contributed by atoms with van der Waals surface area (Å²) in [6.45, 7) is 3.83. The van der Waals surface area contributed by atoms with Crippen LogP contribution in [-0.4, -0.2) is 30.6 Å². The summed E-state index contributed by atoms with van der Waals surface area (Å²) in [5.41, 5.74) is 0.746. The van der Waals surface area contributed by atoms with Gasteiger partial charge in [-0.05, 0) is 44.4 Å². The van der Waals surface area contributed by atoms with Crippen molar-refractivity contribution in [2.45, 2.75) is 19.8 Å². The Morgan fingerprint density at radius 3 is 2.89 bits per heavy atom. The minimum atomic E-state index is 0.0451. The molecule has 4 heteroatoms. The Morgan fingerprint density at radius 2 is 2.28 bits per heavy atom. The molecule has 0 aliphatic heterocycles. The lowest BCUT2D eigenvalue weighted by Gasteiger charge is -2.21. The second-order valence-corrected chi connectivity index (χ2v) is 4.73. The van der Waals surface area contributed by atoms with Crippen LogP contribution >= 0.6 is 0 Å². The van der Waals surface area contributed by atoms with Crippen LogP contribution in [0.25, 0.3) is 0 Å². The number of nitrogens with zero attached hydrogens (tertiary/aromatic N) is 1. The molecule has 0 unspecified atom stereocenters. The van der Waals surface area contributed by atoms with Crippen LogP contribution < -0.4 is 10.2 Å². The molecule has 0 aromatic heterocycles. The molecule has 0 spiro atoms. The van der Waals surface area contributed by atoms with E-state index in [1.165, 1.54) is 12.8 Å². The quantitative estimate of drug-likeness (QED) is 0.806. The molecule has 98 valence electrons. The molecule has 1 amide bonds. The third-order valence-corrected chi connectivity index (χ3v) is 3.16. The molecule has 1 saturated carbocycles. The van der Waals surface area contributed by atoms with E-state index in [-0.39, 0.29) is 11.7 Å². The fourth-order valence-corrected chi connectivity index (χ4v) is 1.96. The average Bonchev–Trinajstić information content (AvgIpc) is 3.14. The highest BCUT2D eigenvalue weighted by molar-refractivity contribution is 5.94. The van der Waals surface area contributed by atoms with Gasteiger partial charge in [-0.1, -0.05) is 6.07 Å². The van der Waals surface area contributed by atoms with E-state index >= 15 is 0 Å². The lowest BCUT2D eigenvalue weighted by Crippen LogP contribution is -2.38. The summed E-state index contributed by atoms with van der Waals surface area (Å²) in [4.78, 5) is 13.7. The summed E-state index contributed by atoms with van der Waals surface area (Å²) in [5, 5.41) is 12.6. The average molecular weight is 248 g/mol. The number of carbonyl (C=O) groups excluding carboxylic acids is 1. The fourth-order valence-electron chi connectivity index (χ4n) is 1.96. The van der Waals surface area contributed by atoms with Crippen molar-refractivity contribution < 1.29 is 9.90 Å². The summed E-state index contributed by atoms with van der Waals surface area (Å²) >= 11 is 0. The number of hydrogen-bond acceptors (Lipinski definition) is 3. The summed E-state index contributed by atoms with van der Waals surface area (Å²) in [7, 11) is 0. The van der Waals surface area contributed by atoms with Gasteiger partial charge < -0.3 is 15.3 Å². The van der Waals surface area contributed by atoms with Crippen molar-refractivity contribution in [3.63, 3.8) is 0 Å². The number of hydrogen-bond donors (Lipinski definition) is 2. The van der Waals surface area contributed by atoms with Gasteiger partial charge in [0.15, 0.2) is 0 Å². The maximum absolute atomic E-state index is 12.1. The zero-order valence-corrected chi connectivity index (χ0v) is 10.7. The van der Waals surface area contributed by atoms with Crippen molar-refractivity contribution in [2.75, 3.05) is 24.5 Å². The van der Waals surface area contributed by atoms with Crippen LogP contribution in [0.15, 0.2) is 24.3 Å². The zero-order valence-electron chi connectivity index (χ0n) is 10.7. The molecule has 0 bridgehead atoms. The number of likely N-dealkylation sites (N-methyl/N-ethyl adjacent to an activating group) is 1. The van der Waals surface area contributed by atoms with E-state index in [0.717, 1.165) is 18.2 Å². The van der Waals surface area contributed by atoms with Gasteiger partial charge >= 0.3 is 0 Å². The number of nitrogens with one attached hydrogen (secondary N) is 1. The van der Waals surface area contributed by atoms with Crippen molar-refractivity contribution in [1.29, 1.82) is 0 Å². The van der Waals surface area contributed by atoms with Gasteiger partial charge in [-0.25, -0.2) is 0 Å². The van der Waals surface area contributed by atoms with E-state index < -0.39 is 0 Å². The van der Waals surface area contributed by atoms with Crippen molar-refractivity contribution in [2.24, 2.45) is 5.92 Å². The standard InChI is InChI=1S/C14H20N2O2/c1-2-16(12-4-3-5-13(17)8-12)14(18)10-15-9-11-6-7-11/h3-5,8,11,15,17H,2,6-7,9-10H2,1H3. The SMILES string of the molecule is CCN(C(=O)CNCC1CC1)c1cccc(O)c1. The maximum Gasteiger partial charge on any atom is 0.240 e. The smallest absolute Gasteiger partial charge is 0.240 e. The number of benzene rings is 1. The molecule has 1 aromatic carbocycles. The molecular formula is C14H20N2O2. The van der Waals surface area contributed by atoms with Gasteiger partial charge in [0.2, 0.25) is 5.91 Å². The number of aromatic hydroxyl groups is 1. The maximum atomic E-state index is 12.1. The first-order valence-corrected chi connectivity index (χ1v) is 6.51. The van der Waals surface area contributed by atoms with E-state index in [0.29, 0.717) is 13.1 Å². The lowest BCUT2D eigenvalue weighted by atomic mass is 10.2. The van der Waals surface area contributed by atoms with Crippen LogP contribution in [0, 0.1) is 5.92 Å². The van der Waals surface area contributed by atoms with Crippen LogP contribution in [0.5, 0.6) is 5.75 Å². The Hall–Kier alpha value is -1.55. The highest BCUT2D eigenvalue weighted by Gasteiger charge is 2.21. The molecule has 0 radical (unpaired) electrons. The van der Waals surface area contributed by atoms with Crippen LogP contribution in [-0.2, 0) is 4.79 Å². The van der Waals surface area contributed by atoms with E-state index in [1.807, 2.05) is 13.0 Å². The van der Waals surface area contributed by atoms with Gasteiger partial charge in [0.1, 0.15) is 5.75 Å². The Balaban J connectivity index is 1.91. The summed E-state index contributed by atoms with van der Waals surface area (Å²) in [6.07, 6.45) is 2.57. The molecule has 1 aromatic rings. The van der Waals surface area contributed by atoms with Gasteiger partial charge in [-0.15, -0.1) is 0 Å². The number of carbonyl (C=O) groups is 1. The van der Waals surface area contributed by atoms with Gasteiger partial charge in [0.05, 0.1) is 6.54 Å². The third-order valence-electron chi connectivity index (χ3n) is 3.16. The Bertz CT molecular complexity index is 416. The van der Waals surface area contributed by atoms with Gasteiger partial charge in [-0.3, -0.25) is 4.79 Å². The van der Waals surface area contributed by atoms with Crippen LogP contribution in [0.3, 0.4) is 0 Å². The second-order valence-electron chi connectivity index (χ2n) is 4.73. The van der Waals surface area contributed by atoms with Crippen LogP contribution in [0.2, 0.25) is 0 Å². The number of phenols is 1. The van der Waals surface area contributed by atoms with Crippen LogP contribution in [0.4, 0.5) is 5.69 Å². The Morgan fingerprint density at radius 1 is 1.50 bits per heavy atom. The molecule has 0 saturated heterocycles. The first kappa shape index (κ1) is 12.9. The number of phenolic OH excluding ortho intramolecular Hbond substituents is 1. The lowest BCUT2D eigenvalue weighted by molar-refractivity contribution is -0.117. The monoisotopic (exact) mass is 248 g/mol. The molecule has 0 atom stereocenters. The minimum absolute atomic E-state index is 0.0451. The molecule has 1 aliphatic rings. The van der Waals surface area contributed by atoms with Crippen LogP contribution in [0.1, 0.15) is 19.8 Å². The Kier molecular flexibility index (Phi) is 4.20. The zero-order chi connectivity index (χ0) is 13.0. The third kappa shape index (κ3) is 3.47. The first-order valence-electron chi connectivity index (χ1n) is 6.51. The molecule has 4 nitrogen and oxygen atoms in total. The van der Waals surface area contributed by atoms with E-state index in [1.54, 1.807) is 23.1 Å². The van der Waals surface area contributed by atoms with Gasteiger partial charge in [0, 0.05) is 18.3 Å². The fraction of sp³-hybridized carbons (Fsp3) is 0.500. The van der Waals surface area contributed by atoms with Gasteiger partial charge in [0.25, 0.3) is 0 Å². The van der Waals surface area contributed by atoms with E-state index in [4.69, 9.17) is 0 Å². The molecular weight excluding hydrogens is 228 g/mol. The van der Waals surface area contributed by atoms with Crippen molar-refractivity contribution in [1.82, 2.24) is 5.32 Å². The molecule has 0 heterocycles. The highest BCUT2D eigenvalue weighted by atomic mass is 16.3. The predicted octanol–water partition coefficient (Wildman–Crippen LogP) is 1.74. The first-order chi connectivity index (χ1) is 8.70. The van der Waals surface area contributed by atoms with E-state index in [9.17, 15) is 9.90 Å². The highest BCUT2D eigenvalue weighted by Crippen LogP contribution is 2.27. The molecule has 2 rings (SSSR count). The summed E-state index contributed by atoms with van der Waals surface area (Å²) in [5.74, 6) is 1.00. The topological polar surface area (TPSA) is 52.6 Å². The number of anilines is 1. The number of rotatable bonds is 6.